The Hall–Kier alpha value is -3.13. The Kier molecular flexibility index (Phi) is 7.62. The highest BCUT2D eigenvalue weighted by molar-refractivity contribution is 7.92. The highest BCUT2D eigenvalue weighted by Crippen LogP contribution is 2.45. The fraction of sp³-hybridized carbons (Fsp3) is 0.481. The van der Waals surface area contributed by atoms with E-state index in [1.807, 2.05) is 0 Å². The van der Waals surface area contributed by atoms with E-state index >= 15 is 0 Å². The zero-order valence-electron chi connectivity index (χ0n) is 22.0. The number of aliphatic imine (C=N–C) groups is 1. The number of aromatic nitrogens is 1. The van der Waals surface area contributed by atoms with Crippen LogP contribution in [0.2, 0.25) is 5.15 Å². The maximum Gasteiger partial charge on any atom is 0.417 e. The lowest BCUT2D eigenvalue weighted by atomic mass is 9.92. The molecule has 0 radical (unpaired) electrons. The van der Waals surface area contributed by atoms with Crippen LogP contribution in [0.5, 0.6) is 0 Å². The number of nitrogens with zero attached hydrogens (tertiary/aromatic N) is 3. The molecule has 2 aliphatic carbocycles. The quantitative estimate of drug-likeness (QED) is 0.263. The van der Waals surface area contributed by atoms with E-state index in [9.17, 15) is 40.0 Å². The van der Waals surface area contributed by atoms with Gasteiger partial charge in [0.2, 0.25) is 11.8 Å². The number of rotatable bonds is 8. The Labute approximate surface area is 243 Å². The third-order valence-electron chi connectivity index (χ3n) is 8.08. The fourth-order valence-corrected chi connectivity index (χ4v) is 7.89. The van der Waals surface area contributed by atoms with Gasteiger partial charge in [0.05, 0.1) is 52.7 Å². The van der Waals surface area contributed by atoms with Crippen LogP contribution >= 0.6 is 11.6 Å². The first-order chi connectivity index (χ1) is 19.6. The molecule has 3 aliphatic rings. The second kappa shape index (κ2) is 10.5. The van der Waals surface area contributed by atoms with Gasteiger partial charge < -0.3 is 10.2 Å². The molecule has 2 saturated carbocycles. The van der Waals surface area contributed by atoms with Gasteiger partial charge in [-0.1, -0.05) is 17.7 Å². The number of sulfone groups is 1. The molecule has 1 aliphatic heterocycles. The summed E-state index contributed by atoms with van der Waals surface area (Å²) in [5.41, 5.74) is -1.78. The number of nitrogens with one attached hydrogen (secondary N) is 1. The van der Waals surface area contributed by atoms with Crippen molar-refractivity contribution in [1.29, 1.82) is 0 Å². The summed E-state index contributed by atoms with van der Waals surface area (Å²) in [4.78, 5) is 33.9. The molecule has 3 atom stereocenters. The zero-order valence-corrected chi connectivity index (χ0v) is 23.6. The van der Waals surface area contributed by atoms with E-state index in [-0.39, 0.29) is 22.8 Å². The minimum absolute atomic E-state index is 0.0283. The van der Waals surface area contributed by atoms with Crippen molar-refractivity contribution in [3.8, 4) is 11.1 Å². The van der Waals surface area contributed by atoms with E-state index in [4.69, 9.17) is 11.6 Å². The van der Waals surface area contributed by atoms with Gasteiger partial charge in [0.15, 0.2) is 9.84 Å². The molecule has 5 rings (SSSR count). The van der Waals surface area contributed by atoms with Gasteiger partial charge in [0.25, 0.3) is 5.92 Å². The highest BCUT2D eigenvalue weighted by Gasteiger charge is 2.55. The van der Waals surface area contributed by atoms with E-state index in [1.165, 1.54) is 24.4 Å². The Morgan fingerprint density at radius 1 is 1.10 bits per heavy atom. The van der Waals surface area contributed by atoms with Crippen molar-refractivity contribution >= 4 is 40.0 Å². The summed E-state index contributed by atoms with van der Waals surface area (Å²) < 4.78 is 97.3. The lowest BCUT2D eigenvalue weighted by Crippen LogP contribution is -2.60. The van der Waals surface area contributed by atoms with Crippen LogP contribution in [0.4, 0.5) is 22.0 Å². The topological polar surface area (TPSA) is 109 Å². The number of pyridine rings is 1. The van der Waals surface area contributed by atoms with Crippen molar-refractivity contribution < 1.29 is 40.0 Å². The Balaban J connectivity index is 1.48. The molecule has 3 unspecified atom stereocenters. The first kappa shape index (κ1) is 30.3. The van der Waals surface area contributed by atoms with Crippen molar-refractivity contribution in [1.82, 2.24) is 15.2 Å². The second-order valence-corrected chi connectivity index (χ2v) is 13.7. The third-order valence-corrected chi connectivity index (χ3v) is 10.5. The van der Waals surface area contributed by atoms with Crippen LogP contribution in [0.15, 0.2) is 46.4 Å². The van der Waals surface area contributed by atoms with E-state index < -0.39 is 92.8 Å². The third kappa shape index (κ3) is 5.87. The molecule has 0 spiro atoms. The first-order valence-corrected chi connectivity index (χ1v) is 15.0. The van der Waals surface area contributed by atoms with Crippen LogP contribution in [-0.2, 0) is 25.6 Å². The minimum Gasteiger partial charge on any atom is -0.349 e. The molecule has 1 aromatic carbocycles. The Morgan fingerprint density at radius 3 is 2.31 bits per heavy atom. The number of alkyl halides is 5. The summed E-state index contributed by atoms with van der Waals surface area (Å²) in [6.07, 6.45) is -3.57. The van der Waals surface area contributed by atoms with Gasteiger partial charge in [-0.3, -0.25) is 14.6 Å². The SMILES string of the molecule is C=NCC1(NC(=O)C2CC(S(=O)(=O)c3ccc(-c4ccnc(Cl)c4)cc3C(F)(F)F)CC2C(=O)N2CC(F)(F)C2)CC1. The molecule has 15 heteroatoms. The molecule has 1 N–H and O–H groups in total. The molecule has 2 heterocycles. The number of amides is 2. The van der Waals surface area contributed by atoms with Gasteiger partial charge in [0.1, 0.15) is 5.15 Å². The molecule has 1 aromatic heterocycles. The van der Waals surface area contributed by atoms with E-state index in [2.05, 4.69) is 22.0 Å². The summed E-state index contributed by atoms with van der Waals surface area (Å²) in [5, 5.41) is 1.27. The summed E-state index contributed by atoms with van der Waals surface area (Å²) >= 11 is 5.86. The van der Waals surface area contributed by atoms with Gasteiger partial charge >= 0.3 is 6.18 Å². The summed E-state index contributed by atoms with van der Waals surface area (Å²) in [5.74, 6) is -7.15. The molecule has 42 heavy (non-hydrogen) atoms. The maximum absolute atomic E-state index is 14.2. The summed E-state index contributed by atoms with van der Waals surface area (Å²) in [6, 6.07) is 5.49. The molecular weight excluding hydrogens is 607 g/mol. The van der Waals surface area contributed by atoms with Crippen molar-refractivity contribution in [2.24, 2.45) is 16.8 Å². The lowest BCUT2D eigenvalue weighted by molar-refractivity contribution is -0.171. The van der Waals surface area contributed by atoms with Crippen molar-refractivity contribution in [3.63, 3.8) is 0 Å². The number of benzene rings is 1. The lowest BCUT2D eigenvalue weighted by Gasteiger charge is -2.40. The van der Waals surface area contributed by atoms with Gasteiger partial charge in [0, 0.05) is 6.20 Å². The van der Waals surface area contributed by atoms with Crippen LogP contribution in [0, 0.1) is 11.8 Å². The van der Waals surface area contributed by atoms with Crippen LogP contribution < -0.4 is 5.32 Å². The van der Waals surface area contributed by atoms with Crippen molar-refractivity contribution in [2.45, 2.75) is 53.5 Å². The summed E-state index contributed by atoms with van der Waals surface area (Å²) in [6.45, 7) is 1.84. The number of likely N-dealkylation sites (tertiary alicyclic amines) is 1. The van der Waals surface area contributed by atoms with Crippen LogP contribution in [0.1, 0.15) is 31.2 Å². The maximum atomic E-state index is 14.2. The van der Waals surface area contributed by atoms with Crippen molar-refractivity contribution in [3.05, 3.63) is 47.2 Å². The fourth-order valence-electron chi connectivity index (χ4n) is 5.69. The number of halogens is 6. The van der Waals surface area contributed by atoms with Gasteiger partial charge in [-0.2, -0.15) is 13.2 Å². The largest absolute Gasteiger partial charge is 0.417 e. The standard InChI is InChI=1S/C27H26ClF5N4O4S/c1-34-12-25(5-6-25)36-23(38)18-10-17(11-19(18)24(39)37-13-26(29,30)14-37)42(40,41)21-3-2-15(8-20(21)27(31,32)33)16-4-7-35-22(28)9-16/h2-4,7-9,17-19H,1,5-6,10-14H2,(H,36,38). The van der Waals surface area contributed by atoms with Gasteiger partial charge in [-0.05, 0) is 67.8 Å². The molecule has 0 bridgehead atoms. The Morgan fingerprint density at radius 2 is 1.74 bits per heavy atom. The van der Waals surface area contributed by atoms with Crippen LogP contribution in [-0.4, -0.2) is 73.2 Å². The normalized spacial score (nSPS) is 24.5. The van der Waals surface area contributed by atoms with E-state index in [0.717, 1.165) is 11.0 Å². The molecule has 2 amide bonds. The molecule has 8 nitrogen and oxygen atoms in total. The van der Waals surface area contributed by atoms with E-state index in [1.54, 1.807) is 0 Å². The number of carbonyl (C=O) groups is 2. The van der Waals surface area contributed by atoms with Gasteiger partial charge in [-0.25, -0.2) is 22.2 Å². The predicted octanol–water partition coefficient (Wildman–Crippen LogP) is 4.42. The van der Waals surface area contributed by atoms with E-state index in [0.29, 0.717) is 18.9 Å². The number of hydrogen-bond acceptors (Lipinski definition) is 6. The molecule has 3 fully saturated rings. The molecular formula is C27H26ClF5N4O4S. The van der Waals surface area contributed by atoms with Crippen LogP contribution in [0.3, 0.4) is 0 Å². The van der Waals surface area contributed by atoms with Crippen molar-refractivity contribution in [2.75, 3.05) is 19.6 Å². The smallest absolute Gasteiger partial charge is 0.349 e. The molecule has 1 saturated heterocycles. The average Bonchev–Trinajstić information content (AvgIpc) is 3.48. The monoisotopic (exact) mass is 632 g/mol. The van der Waals surface area contributed by atoms with Gasteiger partial charge in [-0.15, -0.1) is 0 Å². The minimum atomic E-state index is -5.07. The van der Waals surface area contributed by atoms with Crippen LogP contribution in [0.25, 0.3) is 11.1 Å². The zero-order chi connectivity index (χ0) is 30.7. The second-order valence-electron chi connectivity index (χ2n) is 11.1. The Bertz CT molecular complexity index is 1540. The highest BCUT2D eigenvalue weighted by atomic mass is 35.5. The summed E-state index contributed by atoms with van der Waals surface area (Å²) in [7, 11) is -4.75. The average molecular weight is 633 g/mol. The first-order valence-electron chi connectivity index (χ1n) is 13.0. The molecule has 2 aromatic rings. The number of carbonyl (C=O) groups excluding carboxylic acids is 2. The predicted molar refractivity (Wildman–Crippen MR) is 143 cm³/mol. The molecule has 226 valence electrons. The number of hydrogen-bond donors (Lipinski definition) is 1.